The smallest absolute Gasteiger partial charge is 0.222 e. The zero-order valence-corrected chi connectivity index (χ0v) is 10.1. The van der Waals surface area contributed by atoms with Crippen LogP contribution in [0.1, 0.15) is 26.2 Å². The summed E-state index contributed by atoms with van der Waals surface area (Å²) in [5.41, 5.74) is 0. The van der Waals surface area contributed by atoms with Crippen molar-refractivity contribution in [2.45, 2.75) is 32.2 Å². The molecule has 0 heterocycles. The molecule has 0 aliphatic heterocycles. The van der Waals surface area contributed by atoms with Crippen molar-refractivity contribution in [2.24, 2.45) is 0 Å². The van der Waals surface area contributed by atoms with E-state index >= 15 is 0 Å². The van der Waals surface area contributed by atoms with Crippen LogP contribution >= 0.6 is 11.8 Å². The monoisotopic (exact) mass is 219 g/mol. The number of rotatable bonds is 7. The van der Waals surface area contributed by atoms with Crippen LogP contribution in [0.3, 0.4) is 0 Å². The standard InChI is InChI=1S/C10H21NO2S/c1-9(6-8-14-3)11(2)10(13)5-4-7-12/h9,12H,4-8H2,1-3H3. The Morgan fingerprint density at radius 2 is 2.21 bits per heavy atom. The molecule has 0 fully saturated rings. The maximum atomic E-state index is 11.5. The van der Waals surface area contributed by atoms with Crippen LogP contribution in [0.15, 0.2) is 0 Å². The van der Waals surface area contributed by atoms with E-state index in [-0.39, 0.29) is 12.5 Å². The average molecular weight is 219 g/mol. The Morgan fingerprint density at radius 1 is 1.57 bits per heavy atom. The topological polar surface area (TPSA) is 40.5 Å². The van der Waals surface area contributed by atoms with E-state index in [1.165, 1.54) is 0 Å². The molecule has 0 rings (SSSR count). The summed E-state index contributed by atoms with van der Waals surface area (Å²) in [7, 11) is 1.84. The lowest BCUT2D eigenvalue weighted by Gasteiger charge is -2.24. The summed E-state index contributed by atoms with van der Waals surface area (Å²) in [6.07, 6.45) is 4.12. The minimum absolute atomic E-state index is 0.0960. The first-order valence-electron chi connectivity index (χ1n) is 4.99. The van der Waals surface area contributed by atoms with Crippen LogP contribution in [0.5, 0.6) is 0 Å². The third kappa shape index (κ3) is 5.50. The van der Waals surface area contributed by atoms with E-state index in [0.29, 0.717) is 18.9 Å². The van der Waals surface area contributed by atoms with Gasteiger partial charge in [0, 0.05) is 26.1 Å². The van der Waals surface area contributed by atoms with E-state index in [2.05, 4.69) is 13.2 Å². The fraction of sp³-hybridized carbons (Fsp3) is 0.900. The molecule has 14 heavy (non-hydrogen) atoms. The van der Waals surface area contributed by atoms with Crippen molar-refractivity contribution in [3.8, 4) is 0 Å². The van der Waals surface area contributed by atoms with Crippen LogP contribution in [0.2, 0.25) is 0 Å². The van der Waals surface area contributed by atoms with Crippen molar-refractivity contribution in [3.63, 3.8) is 0 Å². The van der Waals surface area contributed by atoms with Gasteiger partial charge < -0.3 is 10.0 Å². The maximum absolute atomic E-state index is 11.5. The van der Waals surface area contributed by atoms with Crippen LogP contribution in [0.4, 0.5) is 0 Å². The molecule has 0 bridgehead atoms. The van der Waals surface area contributed by atoms with E-state index in [1.807, 2.05) is 7.05 Å². The van der Waals surface area contributed by atoms with E-state index in [1.54, 1.807) is 16.7 Å². The molecule has 0 aromatic carbocycles. The first-order valence-corrected chi connectivity index (χ1v) is 6.38. The van der Waals surface area contributed by atoms with Gasteiger partial charge in [-0.05, 0) is 31.8 Å². The van der Waals surface area contributed by atoms with Crippen molar-refractivity contribution >= 4 is 17.7 Å². The van der Waals surface area contributed by atoms with Crippen molar-refractivity contribution < 1.29 is 9.90 Å². The highest BCUT2D eigenvalue weighted by molar-refractivity contribution is 7.98. The molecule has 0 aromatic heterocycles. The van der Waals surface area contributed by atoms with E-state index < -0.39 is 0 Å². The molecule has 3 nitrogen and oxygen atoms in total. The second kappa shape index (κ2) is 8.12. The van der Waals surface area contributed by atoms with Gasteiger partial charge in [-0.2, -0.15) is 11.8 Å². The Balaban J connectivity index is 3.78. The van der Waals surface area contributed by atoms with Crippen molar-refractivity contribution in [3.05, 3.63) is 0 Å². The van der Waals surface area contributed by atoms with Crippen molar-refractivity contribution in [2.75, 3.05) is 25.7 Å². The fourth-order valence-corrected chi connectivity index (χ4v) is 1.71. The van der Waals surface area contributed by atoms with Gasteiger partial charge in [0.15, 0.2) is 0 Å². The lowest BCUT2D eigenvalue weighted by atomic mass is 10.2. The molecule has 4 heteroatoms. The molecule has 1 unspecified atom stereocenters. The van der Waals surface area contributed by atoms with Crippen molar-refractivity contribution in [1.29, 1.82) is 0 Å². The lowest BCUT2D eigenvalue weighted by molar-refractivity contribution is -0.131. The van der Waals surface area contributed by atoms with Gasteiger partial charge in [0.2, 0.25) is 5.91 Å². The molecule has 0 spiro atoms. The molecule has 0 aliphatic rings. The summed E-state index contributed by atoms with van der Waals surface area (Å²) >= 11 is 1.80. The summed E-state index contributed by atoms with van der Waals surface area (Å²) < 4.78 is 0. The molecular weight excluding hydrogens is 198 g/mol. The number of hydrogen-bond acceptors (Lipinski definition) is 3. The predicted octanol–water partition coefficient (Wildman–Crippen LogP) is 1.36. The second-order valence-electron chi connectivity index (χ2n) is 3.46. The van der Waals surface area contributed by atoms with Gasteiger partial charge in [-0.3, -0.25) is 4.79 Å². The molecule has 0 saturated heterocycles. The Hall–Kier alpha value is -0.220. The molecule has 0 aromatic rings. The van der Waals surface area contributed by atoms with Gasteiger partial charge in [0.1, 0.15) is 0 Å². The summed E-state index contributed by atoms with van der Waals surface area (Å²) in [4.78, 5) is 13.3. The SMILES string of the molecule is CSCCC(C)N(C)C(=O)CCCO. The predicted molar refractivity (Wildman–Crippen MR) is 61.6 cm³/mol. The van der Waals surface area contributed by atoms with E-state index in [4.69, 9.17) is 5.11 Å². The molecule has 1 amide bonds. The van der Waals surface area contributed by atoms with E-state index in [9.17, 15) is 4.79 Å². The maximum Gasteiger partial charge on any atom is 0.222 e. The number of thioether (sulfide) groups is 1. The molecule has 1 N–H and O–H groups in total. The van der Waals surface area contributed by atoms with Crippen LogP contribution in [-0.4, -0.2) is 47.6 Å². The minimum Gasteiger partial charge on any atom is -0.396 e. The molecule has 0 saturated carbocycles. The van der Waals surface area contributed by atoms with Gasteiger partial charge in [0.25, 0.3) is 0 Å². The number of aliphatic hydroxyl groups is 1. The second-order valence-corrected chi connectivity index (χ2v) is 4.45. The summed E-state index contributed by atoms with van der Waals surface area (Å²) in [6, 6.07) is 0.300. The molecule has 1 atom stereocenters. The summed E-state index contributed by atoms with van der Waals surface area (Å²) in [5.74, 6) is 1.21. The quantitative estimate of drug-likeness (QED) is 0.703. The van der Waals surface area contributed by atoms with Gasteiger partial charge in [0.05, 0.1) is 0 Å². The zero-order chi connectivity index (χ0) is 11.0. The Bertz CT molecular complexity index is 164. The van der Waals surface area contributed by atoms with E-state index in [0.717, 1.165) is 12.2 Å². The number of carbonyl (C=O) groups is 1. The molecular formula is C10H21NO2S. The van der Waals surface area contributed by atoms with Crippen LogP contribution < -0.4 is 0 Å². The van der Waals surface area contributed by atoms with Gasteiger partial charge in [-0.15, -0.1) is 0 Å². The molecule has 0 radical (unpaired) electrons. The minimum atomic E-state index is 0.0960. The Labute approximate surface area is 90.9 Å². The van der Waals surface area contributed by atoms with Gasteiger partial charge in [-0.25, -0.2) is 0 Å². The summed E-state index contributed by atoms with van der Waals surface area (Å²) in [5, 5.41) is 8.60. The Morgan fingerprint density at radius 3 is 2.71 bits per heavy atom. The van der Waals surface area contributed by atoms with Crippen LogP contribution in [0.25, 0.3) is 0 Å². The normalized spacial score (nSPS) is 12.6. The average Bonchev–Trinajstić information content (AvgIpc) is 2.21. The number of hydrogen-bond donors (Lipinski definition) is 1. The lowest BCUT2D eigenvalue weighted by Crippen LogP contribution is -2.35. The third-order valence-electron chi connectivity index (χ3n) is 2.34. The highest BCUT2D eigenvalue weighted by atomic mass is 32.2. The molecule has 84 valence electrons. The Kier molecular flexibility index (Phi) is 7.99. The van der Waals surface area contributed by atoms with Gasteiger partial charge >= 0.3 is 0 Å². The highest BCUT2D eigenvalue weighted by Gasteiger charge is 2.14. The van der Waals surface area contributed by atoms with Crippen LogP contribution in [-0.2, 0) is 4.79 Å². The van der Waals surface area contributed by atoms with Gasteiger partial charge in [-0.1, -0.05) is 0 Å². The molecule has 0 aliphatic carbocycles. The van der Waals surface area contributed by atoms with Crippen LogP contribution in [0, 0.1) is 0 Å². The number of aliphatic hydroxyl groups excluding tert-OH is 1. The first-order chi connectivity index (χ1) is 6.63. The number of nitrogens with zero attached hydrogens (tertiary/aromatic N) is 1. The fourth-order valence-electron chi connectivity index (χ4n) is 1.13. The first kappa shape index (κ1) is 13.8. The number of carbonyl (C=O) groups excluding carboxylic acids is 1. The third-order valence-corrected chi connectivity index (χ3v) is 2.99. The highest BCUT2D eigenvalue weighted by Crippen LogP contribution is 2.07. The number of amides is 1. The largest absolute Gasteiger partial charge is 0.396 e. The van der Waals surface area contributed by atoms with Crippen molar-refractivity contribution in [1.82, 2.24) is 4.90 Å². The summed E-state index contributed by atoms with van der Waals surface area (Å²) in [6.45, 7) is 2.16. The zero-order valence-electron chi connectivity index (χ0n) is 9.32.